The topological polar surface area (TPSA) is 99.2 Å². The molecule has 0 saturated heterocycles. The molecule has 23 heavy (non-hydrogen) atoms. The molecule has 0 amide bonds. The van der Waals surface area contributed by atoms with Crippen molar-refractivity contribution < 1.29 is 10.0 Å². The lowest BCUT2D eigenvalue weighted by molar-refractivity contribution is -0.384. The van der Waals surface area contributed by atoms with Crippen LogP contribution in [0, 0.1) is 21.4 Å². The molecule has 0 radical (unpaired) electrons. The highest BCUT2D eigenvalue weighted by molar-refractivity contribution is 5.64. The molecule has 0 aliphatic rings. The predicted octanol–water partition coefficient (Wildman–Crippen LogP) is 3.04. The Balaban J connectivity index is 2.18. The molecule has 2 N–H and O–H groups in total. The normalized spacial score (nSPS) is 11.5. The van der Waals surface area contributed by atoms with Crippen LogP contribution in [0.15, 0.2) is 48.5 Å². The first kappa shape index (κ1) is 16.5. The fourth-order valence-corrected chi connectivity index (χ4v) is 2.40. The molecule has 2 aromatic rings. The van der Waals surface area contributed by atoms with Gasteiger partial charge >= 0.3 is 0 Å². The predicted molar refractivity (Wildman–Crippen MR) is 87.2 cm³/mol. The summed E-state index contributed by atoms with van der Waals surface area (Å²) in [6.07, 6.45) is 0.557. The summed E-state index contributed by atoms with van der Waals surface area (Å²) in [5, 5.41) is 32.3. The maximum absolute atomic E-state index is 11.1. The first-order valence-corrected chi connectivity index (χ1v) is 7.24. The minimum absolute atomic E-state index is 0.0384. The number of aliphatic hydroxyl groups is 1. The third-order valence-corrected chi connectivity index (χ3v) is 3.61. The van der Waals surface area contributed by atoms with Gasteiger partial charge in [0.2, 0.25) is 0 Å². The van der Waals surface area contributed by atoms with Crippen LogP contribution < -0.4 is 5.32 Å². The lowest BCUT2D eigenvalue weighted by Gasteiger charge is -2.18. The Bertz CT molecular complexity index is 711. The monoisotopic (exact) mass is 311 g/mol. The molecule has 6 heteroatoms. The zero-order chi connectivity index (χ0) is 16.7. The zero-order valence-electron chi connectivity index (χ0n) is 12.5. The Morgan fingerprint density at radius 2 is 2.00 bits per heavy atom. The zero-order valence-corrected chi connectivity index (χ0v) is 12.5. The SMILES string of the molecule is N#Cc1ccc(NCC(CCO)c2ccccc2)c([N+](=O)[O-])c1. The van der Waals surface area contributed by atoms with Crippen molar-refractivity contribution in [3.63, 3.8) is 0 Å². The molecule has 0 spiro atoms. The number of nitriles is 1. The number of nitrogens with one attached hydrogen (secondary N) is 1. The number of anilines is 1. The van der Waals surface area contributed by atoms with Gasteiger partial charge in [0, 0.05) is 25.1 Å². The van der Waals surface area contributed by atoms with Crippen LogP contribution in [-0.4, -0.2) is 23.2 Å². The molecule has 0 aliphatic carbocycles. The van der Waals surface area contributed by atoms with Gasteiger partial charge in [-0.1, -0.05) is 30.3 Å². The summed E-state index contributed by atoms with van der Waals surface area (Å²) in [5.41, 5.74) is 1.55. The highest BCUT2D eigenvalue weighted by atomic mass is 16.6. The van der Waals surface area contributed by atoms with Gasteiger partial charge < -0.3 is 10.4 Å². The van der Waals surface area contributed by atoms with Gasteiger partial charge in [-0.25, -0.2) is 0 Å². The average Bonchev–Trinajstić information content (AvgIpc) is 2.59. The standard InChI is InChI=1S/C17H17N3O3/c18-11-13-6-7-16(17(10-13)20(22)23)19-12-15(8-9-21)14-4-2-1-3-5-14/h1-7,10,15,19,21H,8-9,12H2. The van der Waals surface area contributed by atoms with Crippen LogP contribution in [0.3, 0.4) is 0 Å². The van der Waals surface area contributed by atoms with Gasteiger partial charge in [0.05, 0.1) is 16.6 Å². The van der Waals surface area contributed by atoms with Gasteiger partial charge in [-0.2, -0.15) is 5.26 Å². The molecular weight excluding hydrogens is 294 g/mol. The highest BCUT2D eigenvalue weighted by Crippen LogP contribution is 2.27. The van der Waals surface area contributed by atoms with E-state index in [1.807, 2.05) is 36.4 Å². The maximum Gasteiger partial charge on any atom is 0.293 e. The van der Waals surface area contributed by atoms with Gasteiger partial charge in [0.1, 0.15) is 5.69 Å². The number of benzene rings is 2. The van der Waals surface area contributed by atoms with Gasteiger partial charge in [-0.05, 0) is 24.1 Å². The molecule has 0 fully saturated rings. The molecule has 6 nitrogen and oxygen atoms in total. The number of nitrogens with zero attached hydrogens (tertiary/aromatic N) is 2. The second-order valence-corrected chi connectivity index (χ2v) is 5.10. The Morgan fingerprint density at radius 1 is 1.26 bits per heavy atom. The van der Waals surface area contributed by atoms with Crippen molar-refractivity contribution in [2.24, 2.45) is 0 Å². The lowest BCUT2D eigenvalue weighted by atomic mass is 9.96. The van der Waals surface area contributed by atoms with E-state index in [9.17, 15) is 15.2 Å². The number of hydrogen-bond acceptors (Lipinski definition) is 5. The van der Waals surface area contributed by atoms with Crippen LogP contribution in [0.25, 0.3) is 0 Å². The fourth-order valence-electron chi connectivity index (χ4n) is 2.40. The molecule has 2 rings (SSSR count). The summed E-state index contributed by atoms with van der Waals surface area (Å²) in [4.78, 5) is 10.6. The summed E-state index contributed by atoms with van der Waals surface area (Å²) in [7, 11) is 0. The van der Waals surface area contributed by atoms with Crippen molar-refractivity contribution in [2.75, 3.05) is 18.5 Å². The van der Waals surface area contributed by atoms with Crippen molar-refractivity contribution in [1.29, 1.82) is 5.26 Å². The molecule has 0 aromatic heterocycles. The Kier molecular flexibility index (Phi) is 5.67. The van der Waals surface area contributed by atoms with Crippen molar-refractivity contribution >= 4 is 11.4 Å². The average molecular weight is 311 g/mol. The second kappa shape index (κ2) is 7.92. The molecule has 118 valence electrons. The molecule has 1 unspecified atom stereocenters. The molecule has 1 atom stereocenters. The summed E-state index contributed by atoms with van der Waals surface area (Å²) in [6, 6.07) is 15.9. The van der Waals surface area contributed by atoms with E-state index in [0.717, 1.165) is 5.56 Å². The number of rotatable bonds is 7. The van der Waals surface area contributed by atoms with E-state index >= 15 is 0 Å². The van der Waals surface area contributed by atoms with E-state index in [-0.39, 0.29) is 23.8 Å². The van der Waals surface area contributed by atoms with Crippen LogP contribution in [0.5, 0.6) is 0 Å². The van der Waals surface area contributed by atoms with Crippen LogP contribution in [0.4, 0.5) is 11.4 Å². The van der Waals surface area contributed by atoms with E-state index < -0.39 is 4.92 Å². The second-order valence-electron chi connectivity index (χ2n) is 5.10. The minimum atomic E-state index is -0.507. The first-order chi connectivity index (χ1) is 11.2. The molecule has 0 heterocycles. The molecular formula is C17H17N3O3. The van der Waals surface area contributed by atoms with Crippen LogP contribution in [0.2, 0.25) is 0 Å². The van der Waals surface area contributed by atoms with E-state index in [1.54, 1.807) is 6.07 Å². The third-order valence-electron chi connectivity index (χ3n) is 3.61. The van der Waals surface area contributed by atoms with E-state index in [2.05, 4.69) is 5.32 Å². The van der Waals surface area contributed by atoms with Crippen molar-refractivity contribution in [3.05, 3.63) is 69.8 Å². The Morgan fingerprint density at radius 3 is 2.61 bits per heavy atom. The maximum atomic E-state index is 11.1. The van der Waals surface area contributed by atoms with Crippen molar-refractivity contribution in [1.82, 2.24) is 0 Å². The Hall–Kier alpha value is -2.91. The number of nitro benzene ring substituents is 1. The summed E-state index contributed by atoms with van der Waals surface area (Å²) < 4.78 is 0. The van der Waals surface area contributed by atoms with E-state index in [4.69, 9.17) is 5.26 Å². The number of hydrogen-bond donors (Lipinski definition) is 2. The first-order valence-electron chi connectivity index (χ1n) is 7.24. The quantitative estimate of drug-likeness (QED) is 0.605. The third kappa shape index (κ3) is 4.28. The summed E-state index contributed by atoms with van der Waals surface area (Å²) in [5.74, 6) is 0.0384. The van der Waals surface area contributed by atoms with Gasteiger partial charge in [-0.15, -0.1) is 0 Å². The summed E-state index contributed by atoms with van der Waals surface area (Å²) in [6.45, 7) is 0.494. The Labute approximate surface area is 134 Å². The van der Waals surface area contributed by atoms with Crippen molar-refractivity contribution in [2.45, 2.75) is 12.3 Å². The lowest BCUT2D eigenvalue weighted by Crippen LogP contribution is -2.15. The molecule has 0 saturated carbocycles. The summed E-state index contributed by atoms with van der Waals surface area (Å²) >= 11 is 0. The number of nitro groups is 1. The number of aliphatic hydroxyl groups excluding tert-OH is 1. The fraction of sp³-hybridized carbons (Fsp3) is 0.235. The minimum Gasteiger partial charge on any atom is -0.396 e. The molecule has 0 aliphatic heterocycles. The van der Waals surface area contributed by atoms with Gasteiger partial charge in [0.25, 0.3) is 5.69 Å². The smallest absolute Gasteiger partial charge is 0.293 e. The van der Waals surface area contributed by atoms with Gasteiger partial charge in [0.15, 0.2) is 0 Å². The van der Waals surface area contributed by atoms with E-state index in [0.29, 0.717) is 18.7 Å². The van der Waals surface area contributed by atoms with Crippen LogP contribution >= 0.6 is 0 Å². The van der Waals surface area contributed by atoms with Crippen LogP contribution in [-0.2, 0) is 0 Å². The van der Waals surface area contributed by atoms with E-state index in [1.165, 1.54) is 12.1 Å². The van der Waals surface area contributed by atoms with Crippen molar-refractivity contribution in [3.8, 4) is 6.07 Å². The largest absolute Gasteiger partial charge is 0.396 e. The highest BCUT2D eigenvalue weighted by Gasteiger charge is 2.17. The van der Waals surface area contributed by atoms with Crippen LogP contribution in [0.1, 0.15) is 23.5 Å². The molecule has 2 aromatic carbocycles. The van der Waals surface area contributed by atoms with Gasteiger partial charge in [-0.3, -0.25) is 10.1 Å². The molecule has 0 bridgehead atoms.